The summed E-state index contributed by atoms with van der Waals surface area (Å²) >= 11 is 0. The van der Waals surface area contributed by atoms with E-state index in [1.807, 2.05) is 116 Å². The third kappa shape index (κ3) is 27.6. The van der Waals surface area contributed by atoms with Crippen molar-refractivity contribution in [2.24, 2.45) is 0 Å². The molecule has 0 fully saturated rings. The van der Waals surface area contributed by atoms with E-state index in [1.54, 1.807) is 9.80 Å². The van der Waals surface area contributed by atoms with Crippen LogP contribution in [0.1, 0.15) is 200 Å². The van der Waals surface area contributed by atoms with E-state index < -0.39 is 11.9 Å². The second-order valence-corrected chi connectivity index (χ2v) is 23.7. The zero-order chi connectivity index (χ0) is 66.7. The molecule has 0 unspecified atom stereocenters. The fourth-order valence-corrected chi connectivity index (χ4v) is 9.62. The lowest BCUT2D eigenvalue weighted by atomic mass is 9.86. The predicted molar refractivity (Wildman–Crippen MR) is 370 cm³/mol. The minimum Gasteiger partial charge on any atom is -0.494 e. The fourth-order valence-electron chi connectivity index (χ4n) is 9.62. The molecule has 0 aromatic heterocycles. The summed E-state index contributed by atoms with van der Waals surface area (Å²) in [5, 5.41) is 34.7. The van der Waals surface area contributed by atoms with Crippen LogP contribution in [-0.2, 0) is 68.5 Å². The van der Waals surface area contributed by atoms with Gasteiger partial charge in [-0.3, -0.25) is 30.0 Å². The molecule has 484 valence electrons. The number of carbonyl (C=O) groups excluding carboxylic acids is 2. The molecule has 0 aliphatic heterocycles. The highest BCUT2D eigenvalue weighted by Gasteiger charge is 2.18. The second kappa shape index (κ2) is 40.6. The molecular weight excluding hydrogens is 1110 g/mol. The average molecular weight is 1220 g/mol. The van der Waals surface area contributed by atoms with Gasteiger partial charge in [-0.2, -0.15) is 0 Å². The van der Waals surface area contributed by atoms with Gasteiger partial charge in [0.15, 0.2) is 0 Å². The van der Waals surface area contributed by atoms with Crippen LogP contribution in [0.5, 0.6) is 11.5 Å². The van der Waals surface area contributed by atoms with Gasteiger partial charge in [-0.25, -0.2) is 0 Å². The zero-order valence-corrected chi connectivity index (χ0v) is 57.0. The molecule has 0 spiro atoms. The third-order valence-electron chi connectivity index (χ3n) is 14.8. The minimum absolute atomic E-state index is 0.00746. The Morgan fingerprint density at radius 2 is 0.820 bits per heavy atom. The highest BCUT2D eigenvalue weighted by molar-refractivity contribution is 5.97. The van der Waals surface area contributed by atoms with E-state index in [0.29, 0.717) is 86.3 Å². The number of benzene rings is 6. The first-order valence-corrected chi connectivity index (χ1v) is 32.4. The van der Waals surface area contributed by atoms with E-state index in [4.69, 9.17) is 30.5 Å². The summed E-state index contributed by atoms with van der Waals surface area (Å²) in [5.74, 6) is 0.186. The van der Waals surface area contributed by atoms with E-state index in [-0.39, 0.29) is 35.5 Å². The first-order valence-electron chi connectivity index (χ1n) is 32.4. The molecule has 0 atom stereocenters. The number of amides is 2. The first-order chi connectivity index (χ1) is 42.3. The van der Waals surface area contributed by atoms with Crippen molar-refractivity contribution in [1.82, 2.24) is 9.80 Å². The van der Waals surface area contributed by atoms with Gasteiger partial charge in [-0.15, -0.1) is 0 Å². The Morgan fingerprint density at radius 1 is 0.461 bits per heavy atom. The van der Waals surface area contributed by atoms with Crippen LogP contribution in [0.2, 0.25) is 0 Å². The SMILES string of the molecule is CC.CCCOc1cc(-c2cccc(CCCC(=N)N(CC)C(=O)CC)c2)ccc1CC(=O)O.CCOc1cc(-c2cccc(CCCC(=N)N(CC)C(=O)CC)c2)ccc1CC(=O)O.CCc1ccc(C(C)(C)C)cc1.CCc1ccc(C(C)(C)C)cc1. The lowest BCUT2D eigenvalue weighted by Gasteiger charge is -2.21. The van der Waals surface area contributed by atoms with Crippen LogP contribution >= 0.6 is 0 Å². The highest BCUT2D eigenvalue weighted by atomic mass is 16.5. The molecule has 0 heterocycles. The predicted octanol–water partition coefficient (Wildman–Crippen LogP) is 18.4. The quantitative estimate of drug-likeness (QED) is 0.0323. The molecule has 6 aromatic rings. The number of aryl methyl sites for hydroxylation is 4. The van der Waals surface area contributed by atoms with Crippen LogP contribution in [0.4, 0.5) is 0 Å². The number of hydrogen-bond donors (Lipinski definition) is 4. The van der Waals surface area contributed by atoms with Crippen LogP contribution in [0, 0.1) is 10.8 Å². The Bertz CT molecular complexity index is 3060. The number of carboxylic acids is 2. The van der Waals surface area contributed by atoms with Gasteiger partial charge in [0.25, 0.3) is 0 Å². The van der Waals surface area contributed by atoms with Crippen LogP contribution in [0.3, 0.4) is 0 Å². The maximum atomic E-state index is 11.9. The summed E-state index contributed by atoms with van der Waals surface area (Å²) in [7, 11) is 0. The fraction of sp³-hybridized carbons (Fsp3) is 0.455. The van der Waals surface area contributed by atoms with E-state index in [1.165, 1.54) is 22.3 Å². The number of carbonyl (C=O) groups is 4. The first kappa shape index (κ1) is 77.2. The van der Waals surface area contributed by atoms with E-state index in [9.17, 15) is 19.2 Å². The third-order valence-corrected chi connectivity index (χ3v) is 14.8. The van der Waals surface area contributed by atoms with Gasteiger partial charge in [0.2, 0.25) is 11.8 Å². The summed E-state index contributed by atoms with van der Waals surface area (Å²) in [6.45, 7) is 35.2. The lowest BCUT2D eigenvalue weighted by molar-refractivity contribution is -0.137. The van der Waals surface area contributed by atoms with Gasteiger partial charge >= 0.3 is 11.9 Å². The molecule has 12 nitrogen and oxygen atoms in total. The summed E-state index contributed by atoms with van der Waals surface area (Å²) in [6, 6.07) is 45.5. The molecule has 89 heavy (non-hydrogen) atoms. The number of nitrogens with zero attached hydrogens (tertiary/aromatic N) is 2. The molecule has 2 amide bonds. The lowest BCUT2D eigenvalue weighted by Crippen LogP contribution is -2.35. The van der Waals surface area contributed by atoms with Crippen molar-refractivity contribution < 1.29 is 38.9 Å². The van der Waals surface area contributed by atoms with Crippen molar-refractivity contribution in [3.05, 3.63) is 178 Å². The molecule has 0 aliphatic rings. The van der Waals surface area contributed by atoms with E-state index in [2.05, 4.69) is 128 Å². The second-order valence-electron chi connectivity index (χ2n) is 23.7. The van der Waals surface area contributed by atoms with Crippen molar-refractivity contribution in [2.45, 2.75) is 205 Å². The highest BCUT2D eigenvalue weighted by Crippen LogP contribution is 2.31. The monoisotopic (exact) mass is 1220 g/mol. The summed E-state index contributed by atoms with van der Waals surface area (Å²) in [4.78, 5) is 49.2. The normalized spacial score (nSPS) is 10.7. The van der Waals surface area contributed by atoms with Crippen molar-refractivity contribution in [1.29, 1.82) is 10.8 Å². The number of ether oxygens (including phenoxy) is 2. The standard InChI is InChI=1S/C26H34N2O4.C25H32N2O4.2C12H18.C2H6/c1-4-15-32-23-17-21(13-14-22(23)18-26(30)31)20-11-7-9-19(16-20)10-8-12-24(27)28(6-3)25(29)5-2;1-4-24(28)27(5-2)23(26)12-8-10-18-9-7-11-19(15-18)20-13-14-21(17-25(29)30)22(16-20)31-6-3;2*1-5-10-6-8-11(9-7-10)12(2,3)4;1-2/h7,9,11,13-14,16-17,27H,4-6,8,10,12,15,18H2,1-3H3,(H,30,31);7,9,11,13-16,26H,4-6,8,10,12,17H2,1-3H3,(H,29,30);2*6-9H,5H2,1-4H3;1-2H3. The number of aliphatic carboxylic acids is 2. The van der Waals surface area contributed by atoms with Crippen LogP contribution in [-0.4, -0.2) is 81.7 Å². The Labute approximate surface area is 535 Å². The smallest absolute Gasteiger partial charge is 0.307 e. The number of hydrogen-bond acceptors (Lipinski definition) is 8. The molecule has 6 aromatic carbocycles. The maximum Gasteiger partial charge on any atom is 0.307 e. The molecule has 12 heteroatoms. The molecule has 0 bridgehead atoms. The van der Waals surface area contributed by atoms with Crippen LogP contribution in [0.15, 0.2) is 133 Å². The number of amidine groups is 2. The van der Waals surface area contributed by atoms with Crippen molar-refractivity contribution in [2.75, 3.05) is 26.3 Å². The van der Waals surface area contributed by atoms with Crippen molar-refractivity contribution in [3.8, 4) is 33.8 Å². The van der Waals surface area contributed by atoms with Gasteiger partial charge < -0.3 is 29.5 Å². The topological polar surface area (TPSA) is 181 Å². The summed E-state index contributed by atoms with van der Waals surface area (Å²) in [5.41, 5.74) is 13.9. The summed E-state index contributed by atoms with van der Waals surface area (Å²) < 4.78 is 11.5. The molecule has 4 N–H and O–H groups in total. The van der Waals surface area contributed by atoms with Gasteiger partial charge in [-0.05, 0) is 144 Å². The van der Waals surface area contributed by atoms with Crippen molar-refractivity contribution >= 4 is 35.4 Å². The zero-order valence-electron chi connectivity index (χ0n) is 57.0. The van der Waals surface area contributed by atoms with Gasteiger partial charge in [-0.1, -0.05) is 211 Å². The number of rotatable bonds is 25. The van der Waals surface area contributed by atoms with Gasteiger partial charge in [0, 0.05) is 49.9 Å². The maximum absolute atomic E-state index is 11.9. The molecule has 0 radical (unpaired) electrons. The van der Waals surface area contributed by atoms with Crippen LogP contribution < -0.4 is 9.47 Å². The van der Waals surface area contributed by atoms with E-state index >= 15 is 0 Å². The minimum atomic E-state index is -0.886. The molecule has 0 saturated heterocycles. The Balaban J connectivity index is 0.000000436. The Kier molecular flexibility index (Phi) is 35.3. The molecule has 0 saturated carbocycles. The summed E-state index contributed by atoms with van der Waals surface area (Å²) in [6.07, 6.45) is 8.10. The van der Waals surface area contributed by atoms with Gasteiger partial charge in [0.05, 0.1) is 26.1 Å². The Morgan fingerprint density at radius 3 is 1.12 bits per heavy atom. The number of nitrogens with one attached hydrogen (secondary N) is 2. The molecule has 0 aliphatic carbocycles. The van der Waals surface area contributed by atoms with Crippen LogP contribution in [0.25, 0.3) is 22.3 Å². The Hall–Kier alpha value is -7.86. The largest absolute Gasteiger partial charge is 0.494 e. The average Bonchev–Trinajstić information content (AvgIpc) is 3.34. The number of carboxylic acid groups (broad SMARTS) is 2. The van der Waals surface area contributed by atoms with E-state index in [0.717, 1.165) is 78.3 Å². The molecule has 6 rings (SSSR count). The van der Waals surface area contributed by atoms with Gasteiger partial charge in [0.1, 0.15) is 23.2 Å². The molecular formula is C77H108N4O8. The van der Waals surface area contributed by atoms with Crippen molar-refractivity contribution in [3.63, 3.8) is 0 Å².